The van der Waals surface area contributed by atoms with Gasteiger partial charge in [-0.15, -0.1) is 0 Å². The van der Waals surface area contributed by atoms with Crippen molar-refractivity contribution in [2.24, 2.45) is 5.41 Å². The normalized spacial score (nSPS) is 20.5. The highest BCUT2D eigenvalue weighted by molar-refractivity contribution is 7.92. The van der Waals surface area contributed by atoms with E-state index in [4.69, 9.17) is 0 Å². The van der Waals surface area contributed by atoms with Crippen LogP contribution in [0.3, 0.4) is 0 Å². The van der Waals surface area contributed by atoms with Crippen LogP contribution in [0.25, 0.3) is 6.08 Å². The fourth-order valence-corrected chi connectivity index (χ4v) is 6.00. The number of amides is 1. The van der Waals surface area contributed by atoms with Crippen LogP contribution in [-0.4, -0.2) is 27.1 Å². The summed E-state index contributed by atoms with van der Waals surface area (Å²) < 4.78 is 26.2. The Morgan fingerprint density at radius 3 is 2.42 bits per heavy atom. The molecule has 2 saturated carbocycles. The van der Waals surface area contributed by atoms with Gasteiger partial charge >= 0.3 is 0 Å². The first-order valence-corrected chi connectivity index (χ1v) is 12.8. The Bertz CT molecular complexity index is 1170. The Hall–Kier alpha value is -2.60. The summed E-state index contributed by atoms with van der Waals surface area (Å²) >= 11 is 0. The molecule has 1 N–H and O–H groups in total. The van der Waals surface area contributed by atoms with Gasteiger partial charge in [0, 0.05) is 28.9 Å². The van der Waals surface area contributed by atoms with Crippen molar-refractivity contribution in [2.75, 3.05) is 22.4 Å². The highest BCUT2D eigenvalue weighted by atomic mass is 32.2. The monoisotopic (exact) mass is 436 g/mol. The average Bonchev–Trinajstić information content (AvgIpc) is 3.44. The molecule has 162 valence electrons. The number of carbonyl (C=O) groups excluding carboxylic acids is 1. The molecule has 0 bridgehead atoms. The van der Waals surface area contributed by atoms with Crippen LogP contribution in [0.1, 0.15) is 60.0 Å². The SMILES string of the molecule is C=Cc1cccc(C(=O)N2CC3(CCC4(CC4)CC3)c3cc(NS(C)(=O)=O)ccc32)c1. The Balaban J connectivity index is 1.54. The van der Waals surface area contributed by atoms with E-state index in [1.807, 2.05) is 41.3 Å². The van der Waals surface area contributed by atoms with Crippen molar-refractivity contribution in [2.45, 2.75) is 43.9 Å². The molecule has 0 unspecified atom stereocenters. The number of hydrogen-bond donors (Lipinski definition) is 1. The zero-order chi connectivity index (χ0) is 21.9. The van der Waals surface area contributed by atoms with Crippen molar-refractivity contribution in [3.05, 3.63) is 65.7 Å². The third kappa shape index (κ3) is 3.67. The summed E-state index contributed by atoms with van der Waals surface area (Å²) in [4.78, 5) is 15.4. The van der Waals surface area contributed by atoms with Crippen molar-refractivity contribution in [3.8, 4) is 0 Å². The molecule has 1 amide bonds. The number of nitrogens with one attached hydrogen (secondary N) is 1. The largest absolute Gasteiger partial charge is 0.307 e. The lowest BCUT2D eigenvalue weighted by Crippen LogP contribution is -2.39. The zero-order valence-electron chi connectivity index (χ0n) is 17.9. The smallest absolute Gasteiger partial charge is 0.258 e. The van der Waals surface area contributed by atoms with E-state index in [0.717, 1.165) is 35.9 Å². The van der Waals surface area contributed by atoms with Gasteiger partial charge in [-0.2, -0.15) is 0 Å². The summed E-state index contributed by atoms with van der Waals surface area (Å²) in [5.74, 6) is -0.0163. The third-order valence-corrected chi connectivity index (χ3v) is 8.07. The average molecular weight is 437 g/mol. The summed E-state index contributed by atoms with van der Waals surface area (Å²) in [6, 6.07) is 13.1. The summed E-state index contributed by atoms with van der Waals surface area (Å²) in [5, 5.41) is 0. The molecule has 1 aliphatic heterocycles. The highest BCUT2D eigenvalue weighted by Crippen LogP contribution is 2.62. The number of anilines is 2. The number of nitrogens with zero attached hydrogens (tertiary/aromatic N) is 1. The lowest BCUT2D eigenvalue weighted by Gasteiger charge is -2.38. The predicted molar refractivity (Wildman–Crippen MR) is 125 cm³/mol. The number of hydrogen-bond acceptors (Lipinski definition) is 3. The van der Waals surface area contributed by atoms with E-state index in [-0.39, 0.29) is 11.3 Å². The molecule has 1 heterocycles. The quantitative estimate of drug-likeness (QED) is 0.737. The summed E-state index contributed by atoms with van der Waals surface area (Å²) in [6.07, 6.45) is 10.0. The first-order valence-electron chi connectivity index (χ1n) is 10.9. The van der Waals surface area contributed by atoms with Crippen LogP contribution in [0.15, 0.2) is 49.0 Å². The van der Waals surface area contributed by atoms with E-state index in [0.29, 0.717) is 23.2 Å². The number of fused-ring (bicyclic) bond motifs is 2. The van der Waals surface area contributed by atoms with Crippen molar-refractivity contribution in [1.82, 2.24) is 0 Å². The van der Waals surface area contributed by atoms with E-state index < -0.39 is 10.0 Å². The van der Waals surface area contributed by atoms with Gasteiger partial charge < -0.3 is 4.90 Å². The van der Waals surface area contributed by atoms with Crippen molar-refractivity contribution in [1.29, 1.82) is 0 Å². The first-order chi connectivity index (χ1) is 14.7. The number of rotatable bonds is 4. The van der Waals surface area contributed by atoms with E-state index in [2.05, 4.69) is 11.3 Å². The number of benzene rings is 2. The van der Waals surface area contributed by atoms with Gasteiger partial charge in [-0.1, -0.05) is 24.8 Å². The van der Waals surface area contributed by atoms with Gasteiger partial charge in [0.05, 0.1) is 6.26 Å². The molecule has 0 aromatic heterocycles. The first kappa shape index (κ1) is 20.3. The molecule has 0 saturated heterocycles. The molecule has 2 aliphatic carbocycles. The minimum Gasteiger partial charge on any atom is -0.307 e. The van der Waals surface area contributed by atoms with Gasteiger partial charge in [0.15, 0.2) is 0 Å². The molecule has 2 fully saturated rings. The maximum atomic E-state index is 13.5. The molecule has 0 radical (unpaired) electrons. The number of sulfonamides is 1. The van der Waals surface area contributed by atoms with Crippen molar-refractivity contribution >= 4 is 33.4 Å². The van der Waals surface area contributed by atoms with Gasteiger partial charge in [0.2, 0.25) is 10.0 Å². The fraction of sp³-hybridized carbons (Fsp3) is 0.400. The predicted octanol–water partition coefficient (Wildman–Crippen LogP) is 4.95. The number of carbonyl (C=O) groups is 1. The lowest BCUT2D eigenvalue weighted by atomic mass is 9.66. The highest BCUT2D eigenvalue weighted by Gasteiger charge is 2.53. The van der Waals surface area contributed by atoms with Crippen LogP contribution < -0.4 is 9.62 Å². The van der Waals surface area contributed by atoms with Crippen LogP contribution in [0.2, 0.25) is 0 Å². The molecule has 2 aromatic rings. The minimum atomic E-state index is -3.37. The molecular weight excluding hydrogens is 408 g/mol. The molecule has 2 spiro atoms. The second-order valence-corrected chi connectivity index (χ2v) is 11.4. The molecule has 5 rings (SSSR count). The fourth-order valence-electron chi connectivity index (χ4n) is 5.45. The van der Waals surface area contributed by atoms with Gasteiger partial charge in [0.25, 0.3) is 5.91 Å². The van der Waals surface area contributed by atoms with Crippen LogP contribution >= 0.6 is 0 Å². The molecule has 2 aromatic carbocycles. The van der Waals surface area contributed by atoms with E-state index in [9.17, 15) is 13.2 Å². The van der Waals surface area contributed by atoms with Crippen molar-refractivity contribution < 1.29 is 13.2 Å². The Labute approximate surface area is 184 Å². The van der Waals surface area contributed by atoms with Gasteiger partial charge in [-0.25, -0.2) is 8.42 Å². The Kier molecular flexibility index (Phi) is 4.56. The molecule has 31 heavy (non-hydrogen) atoms. The maximum Gasteiger partial charge on any atom is 0.258 e. The second-order valence-electron chi connectivity index (χ2n) is 9.61. The lowest BCUT2D eigenvalue weighted by molar-refractivity contribution is 0.0980. The van der Waals surface area contributed by atoms with E-state index >= 15 is 0 Å². The summed E-state index contributed by atoms with van der Waals surface area (Å²) in [7, 11) is -3.37. The molecule has 0 atom stereocenters. The topological polar surface area (TPSA) is 66.5 Å². The minimum absolute atomic E-state index is 0.0163. The Morgan fingerprint density at radius 1 is 1.06 bits per heavy atom. The van der Waals surface area contributed by atoms with Gasteiger partial charge in [-0.3, -0.25) is 9.52 Å². The van der Waals surface area contributed by atoms with E-state index in [1.54, 1.807) is 12.1 Å². The third-order valence-electron chi connectivity index (χ3n) is 7.46. The Morgan fingerprint density at radius 2 is 1.77 bits per heavy atom. The second kappa shape index (κ2) is 6.95. The standard InChI is InChI=1S/C25H28N2O3S/c1-3-18-5-4-6-19(15-18)23(28)27-17-25(13-11-24(9-10-24)12-14-25)21-16-20(7-8-22(21)27)26-31(2,29)30/h3-8,15-16,26H,1,9-14,17H2,2H3. The summed E-state index contributed by atoms with van der Waals surface area (Å²) in [6.45, 7) is 4.46. The molecule has 6 heteroatoms. The van der Waals surface area contributed by atoms with Crippen LogP contribution in [0.5, 0.6) is 0 Å². The van der Waals surface area contributed by atoms with Gasteiger partial charge in [0.1, 0.15) is 0 Å². The molecule has 5 nitrogen and oxygen atoms in total. The van der Waals surface area contributed by atoms with E-state index in [1.165, 1.54) is 25.7 Å². The van der Waals surface area contributed by atoms with Gasteiger partial charge in [-0.05, 0) is 85.4 Å². The zero-order valence-corrected chi connectivity index (χ0v) is 18.7. The van der Waals surface area contributed by atoms with Crippen molar-refractivity contribution in [3.63, 3.8) is 0 Å². The summed E-state index contributed by atoms with van der Waals surface area (Å²) in [5.41, 5.74) is 4.56. The molecule has 3 aliphatic rings. The molecular formula is C25H28N2O3S. The van der Waals surface area contributed by atoms with Crippen LogP contribution in [-0.2, 0) is 15.4 Å². The maximum absolute atomic E-state index is 13.5. The van der Waals surface area contributed by atoms with Crippen LogP contribution in [0, 0.1) is 5.41 Å². The van der Waals surface area contributed by atoms with Crippen LogP contribution in [0.4, 0.5) is 11.4 Å².